The molecule has 1 rings (SSSR count). The first kappa shape index (κ1) is 16.0. The highest BCUT2D eigenvalue weighted by molar-refractivity contribution is 6.17. The van der Waals surface area contributed by atoms with Gasteiger partial charge in [0.2, 0.25) is 0 Å². The number of ether oxygens (including phenoxy) is 1. The van der Waals surface area contributed by atoms with Crippen molar-refractivity contribution in [2.45, 2.75) is 31.8 Å². The predicted octanol–water partition coefficient (Wildman–Crippen LogP) is 4.58. The van der Waals surface area contributed by atoms with Gasteiger partial charge >= 0.3 is 6.18 Å². The third-order valence-electron chi connectivity index (χ3n) is 2.47. The SMILES string of the molecule is CCOc1ccc(NCCCC(F)(F)F)cc1CCl. The molecular weight excluding hydrogens is 279 g/mol. The number of hydrogen-bond donors (Lipinski definition) is 1. The molecule has 0 bridgehead atoms. The molecule has 2 nitrogen and oxygen atoms in total. The van der Waals surface area contributed by atoms with Gasteiger partial charge in [0.15, 0.2) is 0 Å². The summed E-state index contributed by atoms with van der Waals surface area (Å²) in [5.74, 6) is 1.01. The first-order valence-electron chi connectivity index (χ1n) is 6.08. The van der Waals surface area contributed by atoms with Crippen molar-refractivity contribution >= 4 is 17.3 Å². The summed E-state index contributed by atoms with van der Waals surface area (Å²) in [5, 5.41) is 2.95. The fourth-order valence-electron chi connectivity index (χ4n) is 1.61. The minimum Gasteiger partial charge on any atom is -0.494 e. The molecular formula is C13H17ClF3NO. The van der Waals surface area contributed by atoms with Crippen molar-refractivity contribution in [2.75, 3.05) is 18.5 Å². The lowest BCUT2D eigenvalue weighted by molar-refractivity contribution is -0.134. The number of hydrogen-bond acceptors (Lipinski definition) is 2. The zero-order valence-corrected chi connectivity index (χ0v) is 11.4. The van der Waals surface area contributed by atoms with Crippen LogP contribution < -0.4 is 10.1 Å². The highest BCUT2D eigenvalue weighted by Crippen LogP contribution is 2.25. The number of nitrogens with one attached hydrogen (secondary N) is 1. The number of rotatable bonds is 7. The fraction of sp³-hybridized carbons (Fsp3) is 0.538. The number of alkyl halides is 4. The molecule has 6 heteroatoms. The van der Waals surface area contributed by atoms with Crippen molar-refractivity contribution in [3.05, 3.63) is 23.8 Å². The quantitative estimate of drug-likeness (QED) is 0.587. The molecule has 19 heavy (non-hydrogen) atoms. The maximum absolute atomic E-state index is 12.0. The van der Waals surface area contributed by atoms with Gasteiger partial charge in [-0.25, -0.2) is 0 Å². The summed E-state index contributed by atoms with van der Waals surface area (Å²) in [6.07, 6.45) is -4.83. The van der Waals surface area contributed by atoms with Crippen LogP contribution in [0.1, 0.15) is 25.3 Å². The molecule has 0 aliphatic rings. The number of halogens is 4. The van der Waals surface area contributed by atoms with Crippen molar-refractivity contribution in [3.8, 4) is 5.75 Å². The molecule has 0 radical (unpaired) electrons. The van der Waals surface area contributed by atoms with E-state index in [-0.39, 0.29) is 13.0 Å². The van der Waals surface area contributed by atoms with Gasteiger partial charge in [-0.3, -0.25) is 0 Å². The van der Waals surface area contributed by atoms with Crippen LogP contribution in [0.3, 0.4) is 0 Å². The van der Waals surface area contributed by atoms with Crippen LogP contribution in [0.25, 0.3) is 0 Å². The summed E-state index contributed by atoms with van der Waals surface area (Å²) in [6, 6.07) is 5.34. The second-order valence-electron chi connectivity index (χ2n) is 4.03. The van der Waals surface area contributed by atoms with E-state index in [1.54, 1.807) is 18.2 Å². The van der Waals surface area contributed by atoms with Crippen LogP contribution in [-0.2, 0) is 5.88 Å². The molecule has 0 saturated carbocycles. The number of benzene rings is 1. The van der Waals surface area contributed by atoms with Crippen molar-refractivity contribution in [2.24, 2.45) is 0 Å². The topological polar surface area (TPSA) is 21.3 Å². The summed E-state index contributed by atoms with van der Waals surface area (Å²) in [7, 11) is 0. The third kappa shape index (κ3) is 6.05. The zero-order chi connectivity index (χ0) is 14.3. The summed E-state index contributed by atoms with van der Waals surface area (Å²) < 4.78 is 41.3. The number of anilines is 1. The minimum atomic E-state index is -4.10. The second-order valence-corrected chi connectivity index (χ2v) is 4.30. The molecule has 0 saturated heterocycles. The highest BCUT2D eigenvalue weighted by Gasteiger charge is 2.25. The molecule has 1 aromatic carbocycles. The lowest BCUT2D eigenvalue weighted by atomic mass is 10.2. The van der Waals surface area contributed by atoms with Crippen LogP contribution in [0.2, 0.25) is 0 Å². The molecule has 0 amide bonds. The maximum Gasteiger partial charge on any atom is 0.389 e. The van der Waals surface area contributed by atoms with Crippen molar-refractivity contribution < 1.29 is 17.9 Å². The van der Waals surface area contributed by atoms with Crippen LogP contribution in [0.4, 0.5) is 18.9 Å². The van der Waals surface area contributed by atoms with Crippen LogP contribution in [0.5, 0.6) is 5.75 Å². The van der Waals surface area contributed by atoms with Crippen molar-refractivity contribution in [1.82, 2.24) is 0 Å². The third-order valence-corrected chi connectivity index (χ3v) is 2.76. The average Bonchev–Trinajstić information content (AvgIpc) is 2.35. The maximum atomic E-state index is 12.0. The minimum absolute atomic E-state index is 0.0485. The van der Waals surface area contributed by atoms with Crippen LogP contribution in [-0.4, -0.2) is 19.3 Å². The normalized spacial score (nSPS) is 11.4. The van der Waals surface area contributed by atoms with Crippen molar-refractivity contribution in [3.63, 3.8) is 0 Å². The van der Waals surface area contributed by atoms with E-state index in [9.17, 15) is 13.2 Å². The standard InChI is InChI=1S/C13H17ClF3NO/c1-2-19-12-5-4-11(8-10(12)9-14)18-7-3-6-13(15,16)17/h4-5,8,18H,2-3,6-7,9H2,1H3. The molecule has 1 aromatic rings. The first-order valence-corrected chi connectivity index (χ1v) is 6.62. The highest BCUT2D eigenvalue weighted by atomic mass is 35.5. The van der Waals surface area contributed by atoms with Gasteiger partial charge in [0, 0.05) is 24.2 Å². The molecule has 0 aliphatic heterocycles. The molecule has 0 aliphatic carbocycles. The predicted molar refractivity (Wildman–Crippen MR) is 70.9 cm³/mol. The summed E-state index contributed by atoms with van der Waals surface area (Å²) in [4.78, 5) is 0. The van der Waals surface area contributed by atoms with Gasteiger partial charge in [-0.05, 0) is 31.5 Å². The Balaban J connectivity index is 2.50. The van der Waals surface area contributed by atoms with E-state index in [0.717, 1.165) is 11.3 Å². The monoisotopic (exact) mass is 295 g/mol. The van der Waals surface area contributed by atoms with Gasteiger partial charge in [0.1, 0.15) is 5.75 Å². The average molecular weight is 296 g/mol. The van der Waals surface area contributed by atoms with E-state index in [4.69, 9.17) is 16.3 Å². The largest absolute Gasteiger partial charge is 0.494 e. The Labute approximate surface area is 115 Å². The van der Waals surface area contributed by atoms with E-state index in [1.807, 2.05) is 6.92 Å². The van der Waals surface area contributed by atoms with Crippen LogP contribution in [0.15, 0.2) is 18.2 Å². The van der Waals surface area contributed by atoms with Gasteiger partial charge in [-0.15, -0.1) is 11.6 Å². The van der Waals surface area contributed by atoms with Gasteiger partial charge in [0.05, 0.1) is 12.5 Å². The zero-order valence-electron chi connectivity index (χ0n) is 10.7. The van der Waals surface area contributed by atoms with Gasteiger partial charge in [0.25, 0.3) is 0 Å². The van der Waals surface area contributed by atoms with Crippen LogP contribution >= 0.6 is 11.6 Å². The van der Waals surface area contributed by atoms with E-state index < -0.39 is 12.6 Å². The van der Waals surface area contributed by atoms with E-state index in [0.29, 0.717) is 18.2 Å². The molecule has 0 atom stereocenters. The molecule has 0 aromatic heterocycles. The Morgan fingerprint density at radius 1 is 1.32 bits per heavy atom. The van der Waals surface area contributed by atoms with E-state index in [2.05, 4.69) is 5.32 Å². The Hall–Kier alpha value is -1.10. The molecule has 0 heterocycles. The van der Waals surface area contributed by atoms with Gasteiger partial charge in [-0.1, -0.05) is 0 Å². The van der Waals surface area contributed by atoms with Crippen LogP contribution in [0, 0.1) is 0 Å². The van der Waals surface area contributed by atoms with E-state index in [1.165, 1.54) is 0 Å². The van der Waals surface area contributed by atoms with E-state index >= 15 is 0 Å². The lowest BCUT2D eigenvalue weighted by Crippen LogP contribution is -2.11. The molecule has 0 fully saturated rings. The first-order chi connectivity index (χ1) is 8.96. The molecule has 1 N–H and O–H groups in total. The second kappa shape index (κ2) is 7.48. The summed E-state index contributed by atoms with van der Waals surface area (Å²) in [6.45, 7) is 2.69. The molecule has 0 unspecified atom stereocenters. The van der Waals surface area contributed by atoms with Gasteiger partial charge in [-0.2, -0.15) is 13.2 Å². The Morgan fingerprint density at radius 3 is 2.63 bits per heavy atom. The Bertz CT molecular complexity index is 396. The molecule has 108 valence electrons. The van der Waals surface area contributed by atoms with Gasteiger partial charge < -0.3 is 10.1 Å². The molecule has 0 spiro atoms. The van der Waals surface area contributed by atoms with Crippen molar-refractivity contribution in [1.29, 1.82) is 0 Å². The summed E-state index contributed by atoms with van der Waals surface area (Å²) in [5.41, 5.74) is 1.57. The Morgan fingerprint density at radius 2 is 2.05 bits per heavy atom. The Kier molecular flexibility index (Phi) is 6.28. The smallest absolute Gasteiger partial charge is 0.389 e. The lowest BCUT2D eigenvalue weighted by Gasteiger charge is -2.12. The summed E-state index contributed by atoms with van der Waals surface area (Å²) >= 11 is 5.80. The fourth-order valence-corrected chi connectivity index (χ4v) is 1.82.